The van der Waals surface area contributed by atoms with Crippen molar-refractivity contribution in [3.05, 3.63) is 58.0 Å². The number of hydrogen-bond donors (Lipinski definition) is 2. The first kappa shape index (κ1) is 19.2. The molecule has 1 aliphatic heterocycles. The van der Waals surface area contributed by atoms with E-state index in [4.69, 9.17) is 9.84 Å². The Bertz CT molecular complexity index is 917. The number of ether oxygens (including phenoxy) is 1. The molecule has 1 saturated heterocycles. The number of ketones is 1. The van der Waals surface area contributed by atoms with Gasteiger partial charge in [-0.05, 0) is 24.6 Å². The molecule has 0 unspecified atom stereocenters. The molecule has 3 atom stereocenters. The summed E-state index contributed by atoms with van der Waals surface area (Å²) in [5, 5.41) is 18.6. The van der Waals surface area contributed by atoms with Crippen LogP contribution in [-0.2, 0) is 11.2 Å². The molecule has 2 N–H and O–H groups in total. The number of aromatic nitrogens is 3. The van der Waals surface area contributed by atoms with E-state index >= 15 is 0 Å². The van der Waals surface area contributed by atoms with E-state index in [1.54, 1.807) is 19.1 Å². The maximum atomic E-state index is 14.1. The minimum Gasteiger partial charge on any atom is -0.394 e. The van der Waals surface area contributed by atoms with Gasteiger partial charge < -0.3 is 14.9 Å². The topological polar surface area (TPSA) is 115 Å². The number of aliphatic hydroxyl groups excluding tert-OH is 2. The molecule has 2 aromatic heterocycles. The van der Waals surface area contributed by atoms with E-state index in [9.17, 15) is 23.5 Å². The Morgan fingerprint density at radius 1 is 1.41 bits per heavy atom. The highest BCUT2D eigenvalue weighted by molar-refractivity contribution is 5.96. The van der Waals surface area contributed by atoms with Crippen molar-refractivity contribution in [1.82, 2.24) is 14.5 Å². The van der Waals surface area contributed by atoms with E-state index < -0.39 is 36.7 Å². The second-order valence-electron chi connectivity index (χ2n) is 6.21. The van der Waals surface area contributed by atoms with Crippen molar-refractivity contribution in [2.24, 2.45) is 0 Å². The summed E-state index contributed by atoms with van der Waals surface area (Å²) in [6, 6.07) is 4.64. The van der Waals surface area contributed by atoms with Crippen LogP contribution in [-0.4, -0.2) is 55.3 Å². The smallest absolute Gasteiger partial charge is 0.350 e. The summed E-state index contributed by atoms with van der Waals surface area (Å²) >= 11 is 0. The second kappa shape index (κ2) is 7.22. The number of Topliss-reactive ketones (excluding diaryl/α,β-unsaturated/α-hetero) is 1. The average molecular weight is 381 g/mol. The first-order chi connectivity index (χ1) is 12.8. The van der Waals surface area contributed by atoms with Gasteiger partial charge in [0, 0.05) is 12.4 Å². The maximum Gasteiger partial charge on any atom is 0.350 e. The maximum absolute atomic E-state index is 14.1. The highest BCUT2D eigenvalue weighted by Gasteiger charge is 2.59. The summed E-state index contributed by atoms with van der Waals surface area (Å²) in [7, 11) is 0. The highest BCUT2D eigenvalue weighted by Crippen LogP contribution is 2.41. The number of nitrogens with zero attached hydrogens (tertiary/aromatic N) is 3. The Morgan fingerprint density at radius 3 is 2.74 bits per heavy atom. The Morgan fingerprint density at radius 2 is 2.15 bits per heavy atom. The van der Waals surface area contributed by atoms with E-state index in [1.165, 1.54) is 12.3 Å². The van der Waals surface area contributed by atoms with Gasteiger partial charge in [0.1, 0.15) is 11.8 Å². The zero-order valence-electron chi connectivity index (χ0n) is 14.2. The predicted octanol–water partition coefficient (Wildman–Crippen LogP) is 0.258. The van der Waals surface area contributed by atoms with Crippen LogP contribution < -0.4 is 5.69 Å². The van der Waals surface area contributed by atoms with Crippen LogP contribution in [0.2, 0.25) is 0 Å². The molecule has 1 fully saturated rings. The fraction of sp³-hybridized carbons (Fsp3) is 0.412. The van der Waals surface area contributed by atoms with E-state index in [2.05, 4.69) is 9.97 Å². The van der Waals surface area contributed by atoms with Crippen molar-refractivity contribution < 1.29 is 28.5 Å². The summed E-state index contributed by atoms with van der Waals surface area (Å²) in [6.45, 7) is 0.888. The van der Waals surface area contributed by atoms with Gasteiger partial charge in [0.05, 0.1) is 18.7 Å². The highest BCUT2D eigenvalue weighted by atomic mass is 19.3. The molecule has 0 amide bonds. The molecule has 10 heteroatoms. The molecular weight excluding hydrogens is 364 g/mol. The Labute approximate surface area is 152 Å². The molecule has 8 nitrogen and oxygen atoms in total. The van der Waals surface area contributed by atoms with Crippen LogP contribution in [0.3, 0.4) is 0 Å². The Kier molecular flexibility index (Phi) is 5.13. The molecule has 1 aliphatic rings. The lowest BCUT2D eigenvalue weighted by molar-refractivity contribution is -0.141. The van der Waals surface area contributed by atoms with Crippen LogP contribution in [0.15, 0.2) is 35.4 Å². The molecule has 0 spiro atoms. The van der Waals surface area contributed by atoms with E-state index in [0.29, 0.717) is 10.1 Å². The summed E-state index contributed by atoms with van der Waals surface area (Å²) in [6.07, 6.45) is -3.62. The standard InChI is InChI=1S/C17H17F2N3O5/c1-9-3-2-5-20-13(9)11(24)7-10-4-6-22(16(26)21-10)15-17(18,19)14(25)12(8-23)27-15/h2-6,12,14-15,23,25H,7-8H2,1H3/t12-,14-,15-/m1/s1. The average Bonchev–Trinajstić information content (AvgIpc) is 2.85. The van der Waals surface area contributed by atoms with Gasteiger partial charge in [-0.1, -0.05) is 6.07 Å². The van der Waals surface area contributed by atoms with Gasteiger partial charge in [-0.25, -0.2) is 4.79 Å². The first-order valence-corrected chi connectivity index (χ1v) is 8.10. The molecule has 0 radical (unpaired) electrons. The van der Waals surface area contributed by atoms with Crippen LogP contribution >= 0.6 is 0 Å². The summed E-state index contributed by atoms with van der Waals surface area (Å²) in [4.78, 5) is 32.1. The SMILES string of the molecule is Cc1cccnc1C(=O)Cc1ccn([C@@H]2O[C@H](CO)[C@@H](O)C2(F)F)c(=O)n1. The monoisotopic (exact) mass is 381 g/mol. The third-order valence-electron chi connectivity index (χ3n) is 4.31. The van der Waals surface area contributed by atoms with Gasteiger partial charge in [0.25, 0.3) is 0 Å². The van der Waals surface area contributed by atoms with Crippen molar-refractivity contribution in [1.29, 1.82) is 0 Å². The van der Waals surface area contributed by atoms with Crippen LogP contribution in [0.4, 0.5) is 8.78 Å². The van der Waals surface area contributed by atoms with Crippen molar-refractivity contribution >= 4 is 5.78 Å². The first-order valence-electron chi connectivity index (χ1n) is 8.10. The number of aryl methyl sites for hydroxylation is 1. The quantitative estimate of drug-likeness (QED) is 0.714. The predicted molar refractivity (Wildman–Crippen MR) is 87.5 cm³/mol. The van der Waals surface area contributed by atoms with Crippen LogP contribution in [0.1, 0.15) is 28.0 Å². The lowest BCUT2D eigenvalue weighted by atomic mass is 10.1. The number of carbonyl (C=O) groups excluding carboxylic acids is 1. The van der Waals surface area contributed by atoms with Crippen molar-refractivity contribution in [2.75, 3.05) is 6.61 Å². The van der Waals surface area contributed by atoms with Gasteiger partial charge >= 0.3 is 11.6 Å². The molecule has 3 heterocycles. The fourth-order valence-electron chi connectivity index (χ4n) is 2.87. The largest absolute Gasteiger partial charge is 0.394 e. The lowest BCUT2D eigenvalue weighted by Crippen LogP contribution is -2.41. The third-order valence-corrected chi connectivity index (χ3v) is 4.31. The number of alkyl halides is 2. The fourth-order valence-corrected chi connectivity index (χ4v) is 2.87. The van der Waals surface area contributed by atoms with E-state index in [-0.39, 0.29) is 23.6 Å². The van der Waals surface area contributed by atoms with Crippen molar-refractivity contribution in [3.8, 4) is 0 Å². The van der Waals surface area contributed by atoms with Crippen LogP contribution in [0, 0.1) is 6.92 Å². The summed E-state index contributed by atoms with van der Waals surface area (Å²) in [5.41, 5.74) is -0.0673. The molecule has 0 saturated carbocycles. The zero-order valence-corrected chi connectivity index (χ0v) is 14.2. The summed E-state index contributed by atoms with van der Waals surface area (Å²) < 4.78 is 33.7. The van der Waals surface area contributed by atoms with Gasteiger partial charge in [-0.2, -0.15) is 13.8 Å². The minimum atomic E-state index is -3.79. The Hall–Kier alpha value is -2.56. The molecule has 144 valence electrons. The molecular formula is C17H17F2N3O5. The zero-order chi connectivity index (χ0) is 19.8. The molecule has 0 bridgehead atoms. The molecule has 0 aromatic carbocycles. The number of pyridine rings is 1. The van der Waals surface area contributed by atoms with Crippen LogP contribution in [0.25, 0.3) is 0 Å². The molecule has 0 aliphatic carbocycles. The molecule has 27 heavy (non-hydrogen) atoms. The van der Waals surface area contributed by atoms with Gasteiger partial charge in [-0.15, -0.1) is 0 Å². The van der Waals surface area contributed by atoms with Gasteiger partial charge in [-0.3, -0.25) is 14.3 Å². The van der Waals surface area contributed by atoms with Gasteiger partial charge in [0.15, 0.2) is 11.9 Å². The van der Waals surface area contributed by atoms with Gasteiger partial charge in [0.2, 0.25) is 6.23 Å². The number of hydrogen-bond acceptors (Lipinski definition) is 7. The lowest BCUT2D eigenvalue weighted by Gasteiger charge is -2.21. The van der Waals surface area contributed by atoms with Crippen LogP contribution in [0.5, 0.6) is 0 Å². The minimum absolute atomic E-state index is 0.0897. The number of aliphatic hydroxyl groups is 2. The molecule has 2 aromatic rings. The normalized spacial score (nSPS) is 24.1. The number of rotatable bonds is 5. The van der Waals surface area contributed by atoms with Crippen molar-refractivity contribution in [3.63, 3.8) is 0 Å². The summed E-state index contributed by atoms with van der Waals surface area (Å²) in [5.74, 6) is -4.16. The third kappa shape index (κ3) is 3.51. The van der Waals surface area contributed by atoms with Crippen molar-refractivity contribution in [2.45, 2.75) is 37.7 Å². The number of carbonyl (C=O) groups is 1. The van der Waals surface area contributed by atoms with E-state index in [0.717, 1.165) is 6.20 Å². The van der Waals surface area contributed by atoms with E-state index in [1.807, 2.05) is 0 Å². The Balaban J connectivity index is 1.84. The second-order valence-corrected chi connectivity index (χ2v) is 6.21. The number of halogens is 2. The molecule has 3 rings (SSSR count).